The van der Waals surface area contributed by atoms with Crippen LogP contribution in [0, 0.1) is 0 Å². The number of halogens is 18. The van der Waals surface area contributed by atoms with Crippen LogP contribution in [0.2, 0.25) is 0 Å². The molecule has 1 aliphatic heterocycles. The largest absolute Gasteiger partial charge is 1.00 e. The van der Waals surface area contributed by atoms with Crippen LogP contribution in [0.4, 0.5) is 74.6 Å². The molecule has 236 valence electrons. The topological polar surface area (TPSA) is 57.6 Å². The molecule has 0 aromatic carbocycles. The minimum atomic E-state index is -8.85. The Balaban J connectivity index is 0.0000144. The van der Waals surface area contributed by atoms with E-state index in [2.05, 4.69) is 0 Å². The van der Waals surface area contributed by atoms with Gasteiger partial charge in [0.25, 0.3) is 10.0 Å². The fourth-order valence-electron chi connectivity index (χ4n) is 3.11. The van der Waals surface area contributed by atoms with Gasteiger partial charge in [-0.2, -0.15) is 78.9 Å². The monoisotopic (exact) mass is 706 g/mol. The Kier molecular flexibility index (Phi) is 10.2. The summed E-state index contributed by atoms with van der Waals surface area (Å²) in [7, 11) is -5.99. The van der Waals surface area contributed by atoms with E-state index in [0.717, 1.165) is 0 Å². The van der Waals surface area contributed by atoms with Crippen molar-refractivity contribution in [2.24, 2.45) is 0 Å². The Hall–Kier alpha value is -0.880. The van der Waals surface area contributed by atoms with Crippen LogP contribution in [-0.4, -0.2) is 116 Å². The van der Waals surface area contributed by atoms with Crippen LogP contribution in [0.25, 0.3) is 0 Å². The van der Waals surface area contributed by atoms with Crippen LogP contribution in [0.5, 0.6) is 0 Å². The maximum atomic E-state index is 14.2. The molecule has 39 heavy (non-hydrogen) atoms. The molecule has 1 heterocycles. The summed E-state index contributed by atoms with van der Waals surface area (Å²) in [6.45, 7) is -4.42. The Morgan fingerprint density at radius 1 is 0.641 bits per heavy atom. The SMILES string of the molecule is C[N+]1(CCO)CCN(S(=O)(=O)C(F)(F)C(F)(F)C(F)(F)C(F)(F)C(F)(F)C(F)(F)C(F)(F)C(F)(F)F)CC1.[Br-]. The van der Waals surface area contributed by atoms with Crippen molar-refractivity contribution in [1.29, 1.82) is 0 Å². The zero-order valence-electron chi connectivity index (χ0n) is 18.6. The van der Waals surface area contributed by atoms with Crippen molar-refractivity contribution >= 4 is 10.0 Å². The van der Waals surface area contributed by atoms with Gasteiger partial charge in [-0.3, -0.25) is 0 Å². The Morgan fingerprint density at radius 3 is 1.26 bits per heavy atom. The second-order valence-electron chi connectivity index (χ2n) is 8.38. The maximum Gasteiger partial charge on any atom is 0.460 e. The van der Waals surface area contributed by atoms with E-state index in [1.807, 2.05) is 0 Å². The van der Waals surface area contributed by atoms with E-state index in [1.54, 1.807) is 0 Å². The summed E-state index contributed by atoms with van der Waals surface area (Å²) in [4.78, 5) is 0. The summed E-state index contributed by atoms with van der Waals surface area (Å²) in [5.41, 5.74) is 0. The molecule has 0 aliphatic carbocycles. The molecule has 5 nitrogen and oxygen atoms in total. The van der Waals surface area contributed by atoms with Crippen molar-refractivity contribution in [3.8, 4) is 0 Å². The van der Waals surface area contributed by atoms with Crippen LogP contribution in [-0.2, 0) is 10.0 Å². The summed E-state index contributed by atoms with van der Waals surface area (Å²) < 4.78 is 250. The molecule has 1 aliphatic rings. The van der Waals surface area contributed by atoms with Crippen molar-refractivity contribution < 1.29 is 110 Å². The lowest BCUT2D eigenvalue weighted by Crippen LogP contribution is -3.00. The number of quaternary nitrogens is 1. The number of rotatable bonds is 10. The van der Waals surface area contributed by atoms with Gasteiger partial charge >= 0.3 is 47.0 Å². The highest BCUT2D eigenvalue weighted by atomic mass is 79.9. The van der Waals surface area contributed by atoms with Crippen molar-refractivity contribution in [3.63, 3.8) is 0 Å². The highest BCUT2D eigenvalue weighted by Gasteiger charge is 2.96. The third-order valence-electron chi connectivity index (χ3n) is 5.78. The molecule has 1 N–H and O–H groups in total. The normalized spacial score (nSPS) is 19.6. The molecule has 0 aromatic heterocycles. The molecule has 0 bridgehead atoms. The first-order chi connectivity index (χ1) is 16.4. The molecule has 0 spiro atoms. The van der Waals surface area contributed by atoms with Gasteiger partial charge in [-0.25, -0.2) is 8.42 Å². The number of aliphatic hydroxyl groups is 1. The zero-order chi connectivity index (χ0) is 30.8. The number of piperazine rings is 1. The molecular weight excluding hydrogens is 691 g/mol. The molecule has 0 atom stereocenters. The van der Waals surface area contributed by atoms with E-state index in [9.17, 15) is 83.1 Å². The fourth-order valence-corrected chi connectivity index (χ4v) is 4.53. The third kappa shape index (κ3) is 5.28. The molecule has 0 aromatic rings. The minimum absolute atomic E-state index is 0. The van der Waals surface area contributed by atoms with Crippen molar-refractivity contribution in [2.75, 3.05) is 46.4 Å². The number of sulfonamides is 1. The van der Waals surface area contributed by atoms with Crippen LogP contribution in [0.3, 0.4) is 0 Å². The molecule has 1 rings (SSSR count). The first-order valence-electron chi connectivity index (χ1n) is 9.53. The quantitative estimate of drug-likeness (QED) is 0.273. The zero-order valence-corrected chi connectivity index (χ0v) is 21.0. The van der Waals surface area contributed by atoms with Gasteiger partial charge in [0.15, 0.2) is 0 Å². The second-order valence-corrected chi connectivity index (χ2v) is 10.4. The molecule has 0 unspecified atom stereocenters. The summed E-state index contributed by atoms with van der Waals surface area (Å²) in [5.74, 6) is -51.6. The Labute approximate surface area is 217 Å². The van der Waals surface area contributed by atoms with Gasteiger partial charge in [0.05, 0.1) is 39.8 Å². The van der Waals surface area contributed by atoms with Crippen LogP contribution in [0.15, 0.2) is 0 Å². The first kappa shape index (κ1) is 38.1. The fraction of sp³-hybridized carbons (Fsp3) is 1.00. The number of aliphatic hydroxyl groups excluding tert-OH is 1. The smallest absolute Gasteiger partial charge is 0.460 e. The van der Waals surface area contributed by atoms with Gasteiger partial charge in [0.2, 0.25) is 0 Å². The van der Waals surface area contributed by atoms with Crippen molar-refractivity contribution in [1.82, 2.24) is 4.31 Å². The van der Waals surface area contributed by atoms with Crippen molar-refractivity contribution in [3.05, 3.63) is 0 Å². The maximum absolute atomic E-state index is 14.2. The average molecular weight is 707 g/mol. The van der Waals surface area contributed by atoms with Gasteiger partial charge < -0.3 is 26.6 Å². The van der Waals surface area contributed by atoms with Gasteiger partial charge in [-0.15, -0.1) is 0 Å². The summed E-state index contributed by atoms with van der Waals surface area (Å²) in [6, 6.07) is 0. The van der Waals surface area contributed by atoms with Crippen LogP contribution >= 0.6 is 0 Å². The van der Waals surface area contributed by atoms with Gasteiger partial charge in [0, 0.05) is 0 Å². The average Bonchev–Trinajstić information content (AvgIpc) is 2.72. The van der Waals surface area contributed by atoms with Gasteiger partial charge in [0.1, 0.15) is 6.54 Å². The lowest BCUT2D eigenvalue weighted by molar-refractivity contribution is -0.913. The number of alkyl halides is 17. The summed E-state index contributed by atoms with van der Waals surface area (Å²) in [5, 5.41) is 1.34. The van der Waals surface area contributed by atoms with Crippen LogP contribution in [0.1, 0.15) is 0 Å². The lowest BCUT2D eigenvalue weighted by atomic mass is 9.91. The minimum Gasteiger partial charge on any atom is -1.00 e. The highest BCUT2D eigenvalue weighted by Crippen LogP contribution is 2.64. The number of hydrogen-bond donors (Lipinski definition) is 1. The predicted octanol–water partition coefficient (Wildman–Crippen LogP) is 1.04. The second kappa shape index (κ2) is 10.4. The molecular formula is C15H16BrF17N2O3S. The third-order valence-corrected chi connectivity index (χ3v) is 7.72. The van der Waals surface area contributed by atoms with E-state index >= 15 is 0 Å². The summed E-state index contributed by atoms with van der Waals surface area (Å²) in [6.07, 6.45) is -7.88. The molecule has 24 heteroatoms. The van der Waals surface area contributed by atoms with E-state index in [0.29, 0.717) is 0 Å². The Morgan fingerprint density at radius 2 is 0.949 bits per heavy atom. The van der Waals surface area contributed by atoms with Gasteiger partial charge in [-0.05, 0) is 0 Å². The van der Waals surface area contributed by atoms with E-state index in [4.69, 9.17) is 5.11 Å². The molecule has 1 saturated heterocycles. The molecule has 0 saturated carbocycles. The van der Waals surface area contributed by atoms with E-state index in [1.165, 1.54) is 7.05 Å². The lowest BCUT2D eigenvalue weighted by Gasteiger charge is -2.44. The predicted molar refractivity (Wildman–Crippen MR) is 89.0 cm³/mol. The van der Waals surface area contributed by atoms with E-state index in [-0.39, 0.29) is 28.0 Å². The molecule has 1 fully saturated rings. The Bertz CT molecular complexity index is 978. The van der Waals surface area contributed by atoms with Crippen LogP contribution < -0.4 is 17.0 Å². The number of hydrogen-bond acceptors (Lipinski definition) is 3. The van der Waals surface area contributed by atoms with Gasteiger partial charge in [-0.1, -0.05) is 0 Å². The standard InChI is InChI=1S/C15H16F17N2O3S.BrH/c1-34(6-7-35)4-2-33(3-5-34)38(36,37)15(31,32)13(26,27)11(22,23)9(18,19)8(16,17)10(20,21)12(24,25)14(28,29)30;/h35H,2-7H2,1H3;1H/q+1;/p-1. The first-order valence-corrected chi connectivity index (χ1v) is 11.0. The molecule has 0 amide bonds. The summed E-state index contributed by atoms with van der Waals surface area (Å²) >= 11 is 0. The highest BCUT2D eigenvalue weighted by molar-refractivity contribution is 7.90. The number of nitrogens with zero attached hydrogens (tertiary/aromatic N) is 2. The van der Waals surface area contributed by atoms with Crippen molar-refractivity contribution in [2.45, 2.75) is 47.0 Å². The number of likely N-dealkylation sites (N-methyl/N-ethyl adjacent to an activating group) is 1. The van der Waals surface area contributed by atoms with E-state index < -0.39 is 94.1 Å². The molecule has 0 radical (unpaired) electrons.